The summed E-state index contributed by atoms with van der Waals surface area (Å²) >= 11 is 0. The van der Waals surface area contributed by atoms with Gasteiger partial charge in [-0.3, -0.25) is 14.8 Å². The summed E-state index contributed by atoms with van der Waals surface area (Å²) in [5.41, 5.74) is 1.69. The summed E-state index contributed by atoms with van der Waals surface area (Å²) in [6.45, 7) is 0.857. The van der Waals surface area contributed by atoms with Crippen molar-refractivity contribution in [2.75, 3.05) is 23.4 Å². The molecule has 0 bridgehead atoms. The van der Waals surface area contributed by atoms with Crippen molar-refractivity contribution < 1.29 is 14.3 Å². The fourth-order valence-corrected chi connectivity index (χ4v) is 1.97. The van der Waals surface area contributed by atoms with Crippen LogP contribution < -0.4 is 10.2 Å². The highest BCUT2D eigenvalue weighted by Gasteiger charge is 2.24. The van der Waals surface area contributed by atoms with Crippen LogP contribution in [0.15, 0.2) is 36.7 Å². The topological polar surface area (TPSA) is 87.3 Å². The molecule has 1 fully saturated rings. The zero-order valence-electron chi connectivity index (χ0n) is 10.5. The highest BCUT2D eigenvalue weighted by molar-refractivity contribution is 6.05. The van der Waals surface area contributed by atoms with Gasteiger partial charge in [0, 0.05) is 17.4 Å². The Kier molecular flexibility index (Phi) is 3.08. The average molecular weight is 272 g/mol. The lowest BCUT2D eigenvalue weighted by Gasteiger charge is -2.13. The van der Waals surface area contributed by atoms with Crippen LogP contribution in [0.4, 0.5) is 16.2 Å². The summed E-state index contributed by atoms with van der Waals surface area (Å²) < 4.78 is 4.88. The number of nitrogens with one attached hydrogen (secondary N) is 2. The molecule has 0 unspecified atom stereocenters. The van der Waals surface area contributed by atoms with Crippen LogP contribution in [-0.2, 0) is 4.74 Å². The molecule has 2 heterocycles. The first-order valence-corrected chi connectivity index (χ1v) is 6.08. The van der Waals surface area contributed by atoms with Gasteiger partial charge in [0.05, 0.1) is 18.4 Å². The third-order valence-electron chi connectivity index (χ3n) is 2.94. The van der Waals surface area contributed by atoms with Crippen LogP contribution in [-0.4, -0.2) is 35.3 Å². The van der Waals surface area contributed by atoms with E-state index in [2.05, 4.69) is 15.5 Å². The molecule has 3 rings (SSSR count). The summed E-state index contributed by atoms with van der Waals surface area (Å²) in [5, 5.41) is 9.06. The van der Waals surface area contributed by atoms with E-state index in [9.17, 15) is 9.59 Å². The first kappa shape index (κ1) is 12.2. The molecular weight excluding hydrogens is 260 g/mol. The van der Waals surface area contributed by atoms with Gasteiger partial charge in [0.1, 0.15) is 6.61 Å². The minimum absolute atomic E-state index is 0.263. The summed E-state index contributed by atoms with van der Waals surface area (Å²) in [6.07, 6.45) is 2.71. The van der Waals surface area contributed by atoms with Crippen LogP contribution >= 0.6 is 0 Å². The molecule has 0 aliphatic carbocycles. The molecule has 0 radical (unpaired) electrons. The SMILES string of the molecule is O=C(Nc1cn[nH]c1)c1cccc(N2CCOC2=O)c1. The molecule has 1 aromatic carbocycles. The number of benzene rings is 1. The number of ether oxygens (including phenoxy) is 1. The molecule has 0 atom stereocenters. The van der Waals surface area contributed by atoms with E-state index in [1.54, 1.807) is 30.5 Å². The fraction of sp³-hybridized carbons (Fsp3) is 0.154. The largest absolute Gasteiger partial charge is 0.447 e. The average Bonchev–Trinajstić information content (AvgIpc) is 3.10. The predicted molar refractivity (Wildman–Crippen MR) is 71.7 cm³/mol. The van der Waals surface area contributed by atoms with Gasteiger partial charge in [0.2, 0.25) is 0 Å². The Morgan fingerprint density at radius 1 is 1.45 bits per heavy atom. The van der Waals surface area contributed by atoms with Crippen LogP contribution in [0.1, 0.15) is 10.4 Å². The van der Waals surface area contributed by atoms with Gasteiger partial charge in [-0.1, -0.05) is 6.07 Å². The van der Waals surface area contributed by atoms with Crippen molar-refractivity contribution in [3.63, 3.8) is 0 Å². The van der Waals surface area contributed by atoms with Gasteiger partial charge in [-0.15, -0.1) is 0 Å². The Labute approximate surface area is 114 Å². The number of aromatic amines is 1. The van der Waals surface area contributed by atoms with Crippen LogP contribution in [0.3, 0.4) is 0 Å². The van der Waals surface area contributed by atoms with Gasteiger partial charge < -0.3 is 10.1 Å². The zero-order chi connectivity index (χ0) is 13.9. The second-order valence-electron chi connectivity index (χ2n) is 4.26. The normalized spacial score (nSPS) is 14.2. The molecule has 2 amide bonds. The van der Waals surface area contributed by atoms with E-state index in [-0.39, 0.29) is 5.91 Å². The van der Waals surface area contributed by atoms with E-state index in [0.717, 1.165) is 0 Å². The minimum atomic E-state index is -0.391. The lowest BCUT2D eigenvalue weighted by atomic mass is 10.1. The first-order valence-electron chi connectivity index (χ1n) is 6.08. The Balaban J connectivity index is 1.80. The van der Waals surface area contributed by atoms with Gasteiger partial charge in [-0.05, 0) is 18.2 Å². The van der Waals surface area contributed by atoms with Crippen molar-refractivity contribution in [2.24, 2.45) is 0 Å². The maximum atomic E-state index is 12.1. The molecule has 7 heteroatoms. The summed E-state index contributed by atoms with van der Waals surface area (Å²) in [4.78, 5) is 25.1. The summed E-state index contributed by atoms with van der Waals surface area (Å²) in [6, 6.07) is 6.83. The minimum Gasteiger partial charge on any atom is -0.447 e. The van der Waals surface area contributed by atoms with E-state index in [1.165, 1.54) is 11.1 Å². The molecule has 20 heavy (non-hydrogen) atoms. The second kappa shape index (κ2) is 5.04. The van der Waals surface area contributed by atoms with Crippen molar-refractivity contribution >= 4 is 23.4 Å². The molecule has 1 aromatic heterocycles. The van der Waals surface area contributed by atoms with Crippen LogP contribution in [0, 0.1) is 0 Å². The van der Waals surface area contributed by atoms with Gasteiger partial charge in [0.25, 0.3) is 5.91 Å². The standard InChI is InChI=1S/C13H12N4O3/c18-12(16-10-7-14-15-8-10)9-2-1-3-11(6-9)17-4-5-20-13(17)19/h1-3,6-8H,4-5H2,(H,14,15)(H,16,18). The number of H-pyrrole nitrogens is 1. The van der Waals surface area contributed by atoms with Crippen molar-refractivity contribution in [3.05, 3.63) is 42.2 Å². The monoisotopic (exact) mass is 272 g/mol. The quantitative estimate of drug-likeness (QED) is 0.888. The maximum absolute atomic E-state index is 12.1. The Morgan fingerprint density at radius 3 is 3.05 bits per heavy atom. The van der Waals surface area contributed by atoms with Crippen LogP contribution in [0.5, 0.6) is 0 Å². The summed E-state index contributed by atoms with van der Waals surface area (Å²) in [7, 11) is 0. The number of aromatic nitrogens is 2. The Bertz CT molecular complexity index is 639. The number of rotatable bonds is 3. The number of carbonyl (C=O) groups is 2. The Hall–Kier alpha value is -2.83. The van der Waals surface area contributed by atoms with E-state index < -0.39 is 6.09 Å². The molecule has 102 valence electrons. The number of anilines is 2. The van der Waals surface area contributed by atoms with Crippen molar-refractivity contribution in [3.8, 4) is 0 Å². The van der Waals surface area contributed by atoms with E-state index in [4.69, 9.17) is 4.74 Å². The molecule has 2 N–H and O–H groups in total. The van der Waals surface area contributed by atoms with Crippen molar-refractivity contribution in [2.45, 2.75) is 0 Å². The smallest absolute Gasteiger partial charge is 0.414 e. The molecule has 7 nitrogen and oxygen atoms in total. The highest BCUT2D eigenvalue weighted by atomic mass is 16.6. The van der Waals surface area contributed by atoms with E-state index in [0.29, 0.717) is 30.1 Å². The lowest BCUT2D eigenvalue weighted by Crippen LogP contribution is -2.23. The second-order valence-corrected chi connectivity index (χ2v) is 4.26. The summed E-state index contributed by atoms with van der Waals surface area (Å²) in [5.74, 6) is -0.263. The fourth-order valence-electron chi connectivity index (χ4n) is 1.97. The molecule has 0 spiro atoms. The molecule has 0 saturated carbocycles. The van der Waals surface area contributed by atoms with E-state index in [1.807, 2.05) is 0 Å². The Morgan fingerprint density at radius 2 is 2.35 bits per heavy atom. The van der Waals surface area contributed by atoms with E-state index >= 15 is 0 Å². The molecule has 1 aliphatic heterocycles. The zero-order valence-corrected chi connectivity index (χ0v) is 10.5. The van der Waals surface area contributed by atoms with Crippen LogP contribution in [0.2, 0.25) is 0 Å². The van der Waals surface area contributed by atoms with Gasteiger partial charge >= 0.3 is 6.09 Å². The number of carbonyl (C=O) groups excluding carboxylic acids is 2. The number of hydrogen-bond donors (Lipinski definition) is 2. The third-order valence-corrected chi connectivity index (χ3v) is 2.94. The number of hydrogen-bond acceptors (Lipinski definition) is 4. The third kappa shape index (κ3) is 2.33. The molecule has 2 aromatic rings. The van der Waals surface area contributed by atoms with Crippen molar-refractivity contribution in [1.82, 2.24) is 10.2 Å². The number of amides is 2. The number of cyclic esters (lactones) is 1. The van der Waals surface area contributed by atoms with Crippen molar-refractivity contribution in [1.29, 1.82) is 0 Å². The molecule has 1 aliphatic rings. The van der Waals surface area contributed by atoms with Gasteiger partial charge in [-0.25, -0.2) is 4.79 Å². The highest BCUT2D eigenvalue weighted by Crippen LogP contribution is 2.20. The predicted octanol–water partition coefficient (Wildman–Crippen LogP) is 1.62. The van der Waals surface area contributed by atoms with Gasteiger partial charge in [0.15, 0.2) is 0 Å². The molecular formula is C13H12N4O3. The molecule has 1 saturated heterocycles. The first-order chi connectivity index (χ1) is 9.74. The van der Waals surface area contributed by atoms with Gasteiger partial charge in [-0.2, -0.15) is 5.10 Å². The lowest BCUT2D eigenvalue weighted by molar-refractivity contribution is 0.102. The van der Waals surface area contributed by atoms with Crippen LogP contribution in [0.25, 0.3) is 0 Å². The maximum Gasteiger partial charge on any atom is 0.414 e. The number of nitrogens with zero attached hydrogens (tertiary/aromatic N) is 2.